The summed E-state index contributed by atoms with van der Waals surface area (Å²) >= 11 is 0. The van der Waals surface area contributed by atoms with Crippen LogP contribution in [0.25, 0.3) is 0 Å². The van der Waals surface area contributed by atoms with Gasteiger partial charge in [0.05, 0.1) is 22.4 Å². The maximum atomic E-state index is 13.1. The Hall–Kier alpha value is -4.26. The van der Waals surface area contributed by atoms with Crippen molar-refractivity contribution in [3.63, 3.8) is 0 Å². The van der Waals surface area contributed by atoms with Gasteiger partial charge in [0.2, 0.25) is 0 Å². The maximum absolute atomic E-state index is 13.1. The zero-order valence-electron chi connectivity index (χ0n) is 20.2. The van der Waals surface area contributed by atoms with Crippen LogP contribution in [0.15, 0.2) is 66.7 Å². The summed E-state index contributed by atoms with van der Waals surface area (Å²) in [4.78, 5) is 52.1. The Bertz CT molecular complexity index is 1390. The molecule has 0 saturated heterocycles. The average molecular weight is 483 g/mol. The molecule has 0 spiro atoms. The molecule has 1 heterocycles. The first-order valence-corrected chi connectivity index (χ1v) is 11.9. The smallest absolute Gasteiger partial charge is 0.338 e. The van der Waals surface area contributed by atoms with Crippen LogP contribution in [-0.4, -0.2) is 36.8 Å². The van der Waals surface area contributed by atoms with Crippen molar-refractivity contribution in [3.05, 3.63) is 100 Å². The van der Waals surface area contributed by atoms with Crippen molar-refractivity contribution >= 4 is 29.4 Å². The normalized spacial score (nSPS) is 15.4. The molecule has 0 bridgehead atoms. The summed E-state index contributed by atoms with van der Waals surface area (Å²) in [5.74, 6) is -2.05. The van der Waals surface area contributed by atoms with Crippen molar-refractivity contribution in [1.82, 2.24) is 5.32 Å². The predicted octanol–water partition coefficient (Wildman–Crippen LogP) is 4.11. The molecule has 0 radical (unpaired) electrons. The number of hydrogen-bond acceptors (Lipinski definition) is 5. The van der Waals surface area contributed by atoms with E-state index in [1.807, 2.05) is 44.2 Å². The van der Waals surface area contributed by atoms with E-state index in [2.05, 4.69) is 17.4 Å². The van der Waals surface area contributed by atoms with Crippen molar-refractivity contribution < 1.29 is 23.9 Å². The van der Waals surface area contributed by atoms with Crippen LogP contribution >= 0.6 is 0 Å². The Labute approximate surface area is 209 Å². The van der Waals surface area contributed by atoms with E-state index in [-0.39, 0.29) is 28.0 Å². The van der Waals surface area contributed by atoms with Crippen molar-refractivity contribution in [2.45, 2.75) is 32.1 Å². The second-order valence-corrected chi connectivity index (χ2v) is 9.50. The number of aryl methyl sites for hydroxylation is 2. The lowest BCUT2D eigenvalue weighted by molar-refractivity contribution is -0.124. The van der Waals surface area contributed by atoms with E-state index < -0.39 is 24.4 Å². The van der Waals surface area contributed by atoms with Crippen molar-refractivity contribution in [1.29, 1.82) is 0 Å². The summed E-state index contributed by atoms with van der Waals surface area (Å²) in [6.07, 6.45) is 2.00. The van der Waals surface area contributed by atoms with E-state index in [1.165, 1.54) is 23.8 Å². The molecule has 3 aromatic rings. The van der Waals surface area contributed by atoms with Gasteiger partial charge >= 0.3 is 5.97 Å². The highest BCUT2D eigenvalue weighted by atomic mass is 16.5. The standard InChI is InChI=1S/C29H26N2O5/c1-18-8-9-19(2)24(14-18)31-26(33)22-11-10-20(15-23(22)27(31)34)28(35)36-16-25(32)30-17-29(12-13-29)21-6-4-3-5-7-21/h3-11,14-15H,12-13,16-17H2,1-2H3,(H,30,32). The number of anilines is 1. The summed E-state index contributed by atoms with van der Waals surface area (Å²) in [5, 5.41) is 2.86. The number of nitrogens with zero attached hydrogens (tertiary/aromatic N) is 1. The highest BCUT2D eigenvalue weighted by Crippen LogP contribution is 2.47. The SMILES string of the molecule is Cc1ccc(C)c(N2C(=O)c3ccc(C(=O)OCC(=O)NCC4(c5ccccc5)CC4)cc3C2=O)c1. The number of hydrogen-bond donors (Lipinski definition) is 1. The van der Waals surface area contributed by atoms with Gasteiger partial charge in [-0.15, -0.1) is 0 Å². The Kier molecular flexibility index (Phi) is 5.92. The molecular weight excluding hydrogens is 456 g/mol. The first kappa shape index (κ1) is 23.5. The lowest BCUT2D eigenvalue weighted by Crippen LogP contribution is -2.35. The molecule has 1 aliphatic carbocycles. The van der Waals surface area contributed by atoms with E-state index >= 15 is 0 Å². The number of carbonyl (C=O) groups is 4. The Morgan fingerprint density at radius 1 is 0.917 bits per heavy atom. The minimum absolute atomic E-state index is 0.0463. The van der Waals surface area contributed by atoms with Crippen LogP contribution < -0.4 is 10.2 Å². The molecule has 1 aliphatic heterocycles. The van der Waals surface area contributed by atoms with Crippen LogP contribution in [0.5, 0.6) is 0 Å². The fourth-order valence-corrected chi connectivity index (χ4v) is 4.59. The fourth-order valence-electron chi connectivity index (χ4n) is 4.59. The first-order chi connectivity index (χ1) is 17.3. The third kappa shape index (κ3) is 4.28. The monoisotopic (exact) mass is 482 g/mol. The van der Waals surface area contributed by atoms with Gasteiger partial charge in [0.25, 0.3) is 17.7 Å². The molecule has 5 rings (SSSR count). The third-order valence-electron chi connectivity index (χ3n) is 6.93. The van der Waals surface area contributed by atoms with Crippen LogP contribution in [-0.2, 0) is 14.9 Å². The second-order valence-electron chi connectivity index (χ2n) is 9.50. The molecule has 3 aromatic carbocycles. The molecule has 1 fully saturated rings. The number of nitrogens with one attached hydrogen (secondary N) is 1. The Morgan fingerprint density at radius 2 is 1.64 bits per heavy atom. The van der Waals surface area contributed by atoms with E-state index in [0.29, 0.717) is 12.2 Å². The Morgan fingerprint density at radius 3 is 2.36 bits per heavy atom. The number of esters is 1. The molecule has 1 N–H and O–H groups in total. The Balaban J connectivity index is 1.22. The van der Waals surface area contributed by atoms with E-state index in [1.54, 1.807) is 6.07 Å². The van der Waals surface area contributed by atoms with Crippen LogP contribution in [0, 0.1) is 13.8 Å². The van der Waals surface area contributed by atoms with Gasteiger partial charge in [-0.25, -0.2) is 9.69 Å². The average Bonchev–Trinajstić information content (AvgIpc) is 3.65. The van der Waals surface area contributed by atoms with Crippen LogP contribution in [0.3, 0.4) is 0 Å². The number of rotatable bonds is 7. The molecule has 7 nitrogen and oxygen atoms in total. The van der Waals surface area contributed by atoms with Gasteiger partial charge in [-0.2, -0.15) is 0 Å². The van der Waals surface area contributed by atoms with Gasteiger partial charge < -0.3 is 10.1 Å². The fraction of sp³-hybridized carbons (Fsp3) is 0.241. The summed E-state index contributed by atoms with van der Waals surface area (Å²) in [6, 6.07) is 19.8. The maximum Gasteiger partial charge on any atom is 0.338 e. The summed E-state index contributed by atoms with van der Waals surface area (Å²) in [6.45, 7) is 3.77. The molecule has 36 heavy (non-hydrogen) atoms. The molecule has 3 amide bonds. The van der Waals surface area contributed by atoms with Gasteiger partial charge in [-0.05, 0) is 67.6 Å². The second kappa shape index (κ2) is 9.07. The quantitative estimate of drug-likeness (QED) is 0.404. The molecule has 0 atom stereocenters. The molecule has 1 saturated carbocycles. The van der Waals surface area contributed by atoms with E-state index in [9.17, 15) is 19.2 Å². The number of amides is 3. The van der Waals surface area contributed by atoms with Crippen molar-refractivity contribution in [3.8, 4) is 0 Å². The molecular formula is C29H26N2O5. The molecule has 182 valence electrons. The van der Waals surface area contributed by atoms with Crippen LogP contribution in [0.4, 0.5) is 5.69 Å². The topological polar surface area (TPSA) is 92.8 Å². The highest BCUT2D eigenvalue weighted by molar-refractivity contribution is 6.35. The minimum Gasteiger partial charge on any atom is -0.452 e. The molecule has 7 heteroatoms. The van der Waals surface area contributed by atoms with Gasteiger partial charge in [-0.1, -0.05) is 42.5 Å². The van der Waals surface area contributed by atoms with Gasteiger partial charge in [0, 0.05) is 12.0 Å². The summed E-state index contributed by atoms with van der Waals surface area (Å²) < 4.78 is 5.19. The lowest BCUT2D eigenvalue weighted by atomic mass is 9.96. The van der Waals surface area contributed by atoms with E-state index in [0.717, 1.165) is 28.9 Å². The zero-order chi connectivity index (χ0) is 25.4. The highest BCUT2D eigenvalue weighted by Gasteiger charge is 2.44. The molecule has 0 aromatic heterocycles. The molecule has 0 unspecified atom stereocenters. The summed E-state index contributed by atoms with van der Waals surface area (Å²) in [5.41, 5.74) is 3.85. The van der Waals surface area contributed by atoms with Crippen LogP contribution in [0.1, 0.15) is 60.6 Å². The van der Waals surface area contributed by atoms with Crippen LogP contribution in [0.2, 0.25) is 0 Å². The number of ether oxygens (including phenoxy) is 1. The lowest BCUT2D eigenvalue weighted by Gasteiger charge is -2.17. The zero-order valence-corrected chi connectivity index (χ0v) is 20.2. The largest absolute Gasteiger partial charge is 0.452 e. The van der Waals surface area contributed by atoms with Gasteiger partial charge in [0.15, 0.2) is 6.61 Å². The van der Waals surface area contributed by atoms with Gasteiger partial charge in [0.1, 0.15) is 0 Å². The predicted molar refractivity (Wildman–Crippen MR) is 134 cm³/mol. The van der Waals surface area contributed by atoms with Crippen molar-refractivity contribution in [2.24, 2.45) is 0 Å². The number of carbonyl (C=O) groups excluding carboxylic acids is 4. The first-order valence-electron chi connectivity index (χ1n) is 11.9. The van der Waals surface area contributed by atoms with E-state index in [4.69, 9.17) is 4.74 Å². The third-order valence-corrected chi connectivity index (χ3v) is 6.93. The van der Waals surface area contributed by atoms with Gasteiger partial charge in [-0.3, -0.25) is 14.4 Å². The number of benzene rings is 3. The number of imide groups is 1. The molecule has 2 aliphatic rings. The summed E-state index contributed by atoms with van der Waals surface area (Å²) in [7, 11) is 0. The number of fused-ring (bicyclic) bond motifs is 1. The van der Waals surface area contributed by atoms with Crippen molar-refractivity contribution in [2.75, 3.05) is 18.1 Å². The minimum atomic E-state index is -0.734.